The number of hydrogen-bond donors (Lipinski definition) is 1. The SMILES string of the molecule is Cc1ccc(S(=O)(=O)N(C[C@@H](O)Cn2cc(C=O)c3ccccc32)C[C@H]2CCCO2)cc1. The molecular weight excluding hydrogens is 428 g/mol. The summed E-state index contributed by atoms with van der Waals surface area (Å²) in [7, 11) is -3.81. The van der Waals surface area contributed by atoms with Crippen molar-refractivity contribution in [3.63, 3.8) is 0 Å². The van der Waals surface area contributed by atoms with Crippen LogP contribution in [0.2, 0.25) is 0 Å². The third-order valence-corrected chi connectivity index (χ3v) is 7.70. The van der Waals surface area contributed by atoms with E-state index in [1.807, 2.05) is 31.2 Å². The first-order valence-corrected chi connectivity index (χ1v) is 12.2. The number of aromatic nitrogens is 1. The molecule has 2 heterocycles. The number of benzene rings is 2. The smallest absolute Gasteiger partial charge is 0.243 e. The van der Waals surface area contributed by atoms with E-state index in [1.165, 1.54) is 4.31 Å². The molecule has 0 radical (unpaired) electrons. The number of aliphatic hydroxyl groups excluding tert-OH is 1. The number of aryl methyl sites for hydroxylation is 1. The first-order valence-electron chi connectivity index (χ1n) is 10.8. The van der Waals surface area contributed by atoms with Gasteiger partial charge in [-0.3, -0.25) is 4.79 Å². The third-order valence-electron chi connectivity index (χ3n) is 5.86. The van der Waals surface area contributed by atoms with Crippen molar-refractivity contribution in [3.8, 4) is 0 Å². The Kier molecular flexibility index (Phi) is 6.76. The normalized spacial score (nSPS) is 17.8. The van der Waals surface area contributed by atoms with Gasteiger partial charge in [0.1, 0.15) is 0 Å². The molecule has 4 rings (SSSR count). The molecule has 1 aliphatic heterocycles. The second-order valence-corrected chi connectivity index (χ2v) is 10.2. The molecule has 0 unspecified atom stereocenters. The number of aliphatic hydroxyl groups is 1. The molecule has 0 saturated carbocycles. The van der Waals surface area contributed by atoms with Crippen molar-refractivity contribution in [2.24, 2.45) is 0 Å². The van der Waals surface area contributed by atoms with Crippen molar-refractivity contribution in [1.82, 2.24) is 8.87 Å². The maximum Gasteiger partial charge on any atom is 0.243 e. The Morgan fingerprint density at radius 1 is 1.22 bits per heavy atom. The standard InChI is InChI=1S/C24H28N2O5S/c1-18-8-10-22(11-9-18)32(29,30)26(16-21-5-4-12-31-21)15-20(28)14-25-13-19(17-27)23-6-2-3-7-24(23)25/h2-3,6-11,13,17,20-21,28H,4-5,12,14-16H2,1H3/t20-,21+/m0/s1. The zero-order valence-electron chi connectivity index (χ0n) is 18.1. The van der Waals surface area contributed by atoms with E-state index < -0.39 is 16.1 Å². The van der Waals surface area contributed by atoms with Gasteiger partial charge in [0.05, 0.1) is 17.1 Å². The molecule has 1 aromatic heterocycles. The second-order valence-electron chi connectivity index (χ2n) is 8.30. The van der Waals surface area contributed by atoms with Gasteiger partial charge >= 0.3 is 0 Å². The maximum absolute atomic E-state index is 13.4. The molecule has 2 atom stereocenters. The summed E-state index contributed by atoms with van der Waals surface area (Å²) in [6.45, 7) is 2.81. The number of fused-ring (bicyclic) bond motifs is 1. The molecule has 1 N–H and O–H groups in total. The van der Waals surface area contributed by atoms with Crippen molar-refractivity contribution >= 4 is 27.2 Å². The van der Waals surface area contributed by atoms with E-state index in [0.29, 0.717) is 12.2 Å². The topological polar surface area (TPSA) is 88.8 Å². The average molecular weight is 457 g/mol. The summed E-state index contributed by atoms with van der Waals surface area (Å²) < 4.78 is 35.6. The van der Waals surface area contributed by atoms with Crippen LogP contribution in [0, 0.1) is 6.92 Å². The lowest BCUT2D eigenvalue weighted by Crippen LogP contribution is -2.43. The highest BCUT2D eigenvalue weighted by atomic mass is 32.2. The third kappa shape index (κ3) is 4.78. The van der Waals surface area contributed by atoms with E-state index in [2.05, 4.69) is 0 Å². The summed E-state index contributed by atoms with van der Waals surface area (Å²) >= 11 is 0. The van der Waals surface area contributed by atoms with E-state index >= 15 is 0 Å². The predicted molar refractivity (Wildman–Crippen MR) is 122 cm³/mol. The number of para-hydroxylation sites is 1. The minimum atomic E-state index is -3.81. The molecule has 0 amide bonds. The van der Waals surface area contributed by atoms with Crippen LogP contribution in [0.15, 0.2) is 59.6 Å². The van der Waals surface area contributed by atoms with Crippen molar-refractivity contribution in [1.29, 1.82) is 0 Å². The average Bonchev–Trinajstić information content (AvgIpc) is 3.41. The molecule has 7 nitrogen and oxygen atoms in total. The first kappa shape index (κ1) is 22.7. The Hall–Kier alpha value is -2.52. The van der Waals surface area contributed by atoms with Crippen molar-refractivity contribution < 1.29 is 23.1 Å². The van der Waals surface area contributed by atoms with Gasteiger partial charge in [0.15, 0.2) is 6.29 Å². The van der Waals surface area contributed by atoms with E-state index in [0.717, 1.165) is 35.6 Å². The first-order chi connectivity index (χ1) is 15.4. The van der Waals surface area contributed by atoms with Gasteiger partial charge in [-0.2, -0.15) is 4.31 Å². The number of rotatable bonds is 9. The molecule has 3 aromatic rings. The number of aldehydes is 1. The van der Waals surface area contributed by atoms with Crippen LogP contribution in [0.4, 0.5) is 0 Å². The maximum atomic E-state index is 13.4. The van der Waals surface area contributed by atoms with Crippen LogP contribution in [-0.2, 0) is 21.3 Å². The Balaban J connectivity index is 1.58. The van der Waals surface area contributed by atoms with E-state index in [1.54, 1.807) is 35.0 Å². The molecule has 1 aliphatic rings. The van der Waals surface area contributed by atoms with Crippen LogP contribution in [0.5, 0.6) is 0 Å². The summed E-state index contributed by atoms with van der Waals surface area (Å²) in [6, 6.07) is 14.2. The van der Waals surface area contributed by atoms with Crippen LogP contribution >= 0.6 is 0 Å². The van der Waals surface area contributed by atoms with Gasteiger partial charge in [-0.25, -0.2) is 8.42 Å². The fourth-order valence-corrected chi connectivity index (χ4v) is 5.69. The lowest BCUT2D eigenvalue weighted by Gasteiger charge is -2.27. The van der Waals surface area contributed by atoms with Crippen LogP contribution in [0.1, 0.15) is 28.8 Å². The lowest BCUT2D eigenvalue weighted by molar-refractivity contribution is 0.0748. The molecule has 0 spiro atoms. The largest absolute Gasteiger partial charge is 0.390 e. The molecule has 0 bridgehead atoms. The Morgan fingerprint density at radius 2 is 1.97 bits per heavy atom. The number of carbonyl (C=O) groups is 1. The number of sulfonamides is 1. The van der Waals surface area contributed by atoms with Gasteiger partial charge in [0.2, 0.25) is 10.0 Å². The minimum absolute atomic E-state index is 0.0704. The van der Waals surface area contributed by atoms with Crippen LogP contribution in [0.3, 0.4) is 0 Å². The molecule has 8 heteroatoms. The fraction of sp³-hybridized carbons (Fsp3) is 0.375. The van der Waals surface area contributed by atoms with E-state index in [9.17, 15) is 18.3 Å². The summed E-state index contributed by atoms with van der Waals surface area (Å²) in [4.78, 5) is 11.6. The summed E-state index contributed by atoms with van der Waals surface area (Å²) in [6.07, 6.45) is 3.02. The van der Waals surface area contributed by atoms with Crippen molar-refractivity contribution in [3.05, 3.63) is 65.9 Å². The van der Waals surface area contributed by atoms with E-state index in [4.69, 9.17) is 4.74 Å². The molecule has 1 fully saturated rings. The van der Waals surface area contributed by atoms with Gasteiger partial charge in [-0.15, -0.1) is 0 Å². The number of hydrogen-bond acceptors (Lipinski definition) is 5. The molecular formula is C24H28N2O5S. The predicted octanol–water partition coefficient (Wildman–Crippen LogP) is 2.99. The molecule has 0 aliphatic carbocycles. The second kappa shape index (κ2) is 9.54. The minimum Gasteiger partial charge on any atom is -0.390 e. The number of carbonyl (C=O) groups excluding carboxylic acids is 1. The highest BCUT2D eigenvalue weighted by Gasteiger charge is 2.31. The van der Waals surface area contributed by atoms with Crippen LogP contribution < -0.4 is 0 Å². The van der Waals surface area contributed by atoms with Gasteiger partial charge in [-0.05, 0) is 38.0 Å². The summed E-state index contributed by atoms with van der Waals surface area (Å²) in [5.74, 6) is 0. The van der Waals surface area contributed by atoms with Crippen molar-refractivity contribution in [2.45, 2.75) is 43.4 Å². The van der Waals surface area contributed by atoms with Gasteiger partial charge in [0, 0.05) is 48.9 Å². The highest BCUT2D eigenvalue weighted by Crippen LogP contribution is 2.23. The number of ether oxygens (including phenoxy) is 1. The Bertz CT molecular complexity index is 1180. The molecule has 32 heavy (non-hydrogen) atoms. The highest BCUT2D eigenvalue weighted by molar-refractivity contribution is 7.89. The summed E-state index contributed by atoms with van der Waals surface area (Å²) in [5.41, 5.74) is 2.33. The Morgan fingerprint density at radius 3 is 2.66 bits per heavy atom. The van der Waals surface area contributed by atoms with E-state index in [-0.39, 0.29) is 30.6 Å². The zero-order chi connectivity index (χ0) is 22.7. The van der Waals surface area contributed by atoms with Gasteiger partial charge < -0.3 is 14.4 Å². The summed E-state index contributed by atoms with van der Waals surface area (Å²) in [5, 5.41) is 11.7. The zero-order valence-corrected chi connectivity index (χ0v) is 18.9. The number of nitrogens with zero attached hydrogens (tertiary/aromatic N) is 2. The fourth-order valence-electron chi connectivity index (χ4n) is 4.19. The molecule has 2 aromatic carbocycles. The molecule has 1 saturated heterocycles. The van der Waals surface area contributed by atoms with Crippen LogP contribution in [-0.4, -0.2) is 60.6 Å². The quantitative estimate of drug-likeness (QED) is 0.500. The van der Waals surface area contributed by atoms with Gasteiger partial charge in [0.25, 0.3) is 0 Å². The Labute approximate surface area is 188 Å². The molecule has 170 valence electrons. The lowest BCUT2D eigenvalue weighted by atomic mass is 10.2. The monoisotopic (exact) mass is 456 g/mol. The van der Waals surface area contributed by atoms with Crippen molar-refractivity contribution in [2.75, 3.05) is 19.7 Å². The van der Waals surface area contributed by atoms with Gasteiger partial charge in [-0.1, -0.05) is 35.9 Å². The van der Waals surface area contributed by atoms with Crippen LogP contribution in [0.25, 0.3) is 10.9 Å².